The zero-order chi connectivity index (χ0) is 15.8. The van der Waals surface area contributed by atoms with Gasteiger partial charge in [0.1, 0.15) is 5.82 Å². The van der Waals surface area contributed by atoms with E-state index in [0.717, 1.165) is 51.3 Å². The number of benzene rings is 1. The molecule has 1 aromatic rings. The molecule has 3 heterocycles. The van der Waals surface area contributed by atoms with Gasteiger partial charge in [-0.15, -0.1) is 0 Å². The van der Waals surface area contributed by atoms with Crippen LogP contribution in [0.4, 0.5) is 4.39 Å². The first kappa shape index (κ1) is 15.1. The summed E-state index contributed by atoms with van der Waals surface area (Å²) in [5.74, 6) is 0.569. The Morgan fingerprint density at radius 1 is 1.17 bits per heavy atom. The van der Waals surface area contributed by atoms with Crippen LogP contribution in [-0.4, -0.2) is 54.6 Å². The van der Waals surface area contributed by atoms with Gasteiger partial charge >= 0.3 is 0 Å². The highest BCUT2D eigenvalue weighted by molar-refractivity contribution is 5.82. The molecular formula is C18H23FN2O2. The van der Waals surface area contributed by atoms with Crippen molar-refractivity contribution in [1.82, 2.24) is 9.80 Å². The van der Waals surface area contributed by atoms with Gasteiger partial charge in [-0.2, -0.15) is 0 Å². The zero-order valence-electron chi connectivity index (χ0n) is 13.3. The maximum atomic E-state index is 13.3. The topological polar surface area (TPSA) is 32.8 Å². The van der Waals surface area contributed by atoms with Crippen molar-refractivity contribution in [2.24, 2.45) is 11.8 Å². The fourth-order valence-electron chi connectivity index (χ4n) is 4.32. The summed E-state index contributed by atoms with van der Waals surface area (Å²) in [4.78, 5) is 17.1. The van der Waals surface area contributed by atoms with Gasteiger partial charge in [-0.1, -0.05) is 12.1 Å². The number of likely N-dealkylation sites (tertiary alicyclic amines) is 2. The molecule has 1 aromatic carbocycles. The van der Waals surface area contributed by atoms with Crippen LogP contribution in [0.15, 0.2) is 24.3 Å². The third-order valence-electron chi connectivity index (χ3n) is 5.52. The van der Waals surface area contributed by atoms with E-state index < -0.39 is 0 Å². The van der Waals surface area contributed by atoms with E-state index in [4.69, 9.17) is 4.74 Å². The number of ether oxygens (including phenoxy) is 1. The molecule has 0 N–H and O–H groups in total. The lowest BCUT2D eigenvalue weighted by Crippen LogP contribution is -2.40. The second-order valence-corrected chi connectivity index (χ2v) is 7.01. The van der Waals surface area contributed by atoms with E-state index >= 15 is 0 Å². The molecule has 23 heavy (non-hydrogen) atoms. The highest BCUT2D eigenvalue weighted by Crippen LogP contribution is 2.35. The summed E-state index contributed by atoms with van der Waals surface area (Å²) in [5, 5.41) is 0. The number of rotatable bonds is 3. The van der Waals surface area contributed by atoms with Crippen molar-refractivity contribution in [3.63, 3.8) is 0 Å². The SMILES string of the molecule is O=C1[C@H]2CN(C3CCOCC3)C[C@H]2CN1Cc1cccc(F)c1. The van der Waals surface area contributed by atoms with E-state index in [2.05, 4.69) is 4.90 Å². The lowest BCUT2D eigenvalue weighted by atomic mass is 10.0. The smallest absolute Gasteiger partial charge is 0.227 e. The van der Waals surface area contributed by atoms with Crippen molar-refractivity contribution in [1.29, 1.82) is 0 Å². The van der Waals surface area contributed by atoms with Gasteiger partial charge < -0.3 is 9.64 Å². The molecule has 2 atom stereocenters. The highest BCUT2D eigenvalue weighted by Gasteiger charge is 2.47. The Morgan fingerprint density at radius 3 is 2.74 bits per heavy atom. The molecule has 3 fully saturated rings. The molecule has 4 rings (SSSR count). The van der Waals surface area contributed by atoms with Crippen molar-refractivity contribution in [3.05, 3.63) is 35.6 Å². The second-order valence-electron chi connectivity index (χ2n) is 7.01. The minimum Gasteiger partial charge on any atom is -0.381 e. The third-order valence-corrected chi connectivity index (χ3v) is 5.52. The summed E-state index contributed by atoms with van der Waals surface area (Å²) < 4.78 is 18.7. The largest absolute Gasteiger partial charge is 0.381 e. The summed E-state index contributed by atoms with van der Waals surface area (Å²) >= 11 is 0. The second kappa shape index (κ2) is 6.21. The number of halogens is 1. The Morgan fingerprint density at radius 2 is 2.00 bits per heavy atom. The normalized spacial score (nSPS) is 29.3. The molecule has 4 nitrogen and oxygen atoms in total. The highest BCUT2D eigenvalue weighted by atomic mass is 19.1. The Kier molecular flexibility index (Phi) is 4.07. The number of hydrogen-bond acceptors (Lipinski definition) is 3. The van der Waals surface area contributed by atoms with Crippen LogP contribution >= 0.6 is 0 Å². The predicted octanol–water partition coefficient (Wildman–Crippen LogP) is 1.89. The molecule has 0 bridgehead atoms. The first-order valence-electron chi connectivity index (χ1n) is 8.56. The van der Waals surface area contributed by atoms with Gasteiger partial charge in [-0.05, 0) is 30.5 Å². The van der Waals surface area contributed by atoms with Crippen LogP contribution in [0, 0.1) is 17.7 Å². The van der Waals surface area contributed by atoms with Gasteiger partial charge in [0.25, 0.3) is 0 Å². The lowest BCUT2D eigenvalue weighted by Gasteiger charge is -2.32. The van der Waals surface area contributed by atoms with Crippen LogP contribution in [0.5, 0.6) is 0 Å². The van der Waals surface area contributed by atoms with Crippen molar-refractivity contribution in [3.8, 4) is 0 Å². The molecule has 3 aliphatic rings. The molecule has 1 amide bonds. The number of carbonyl (C=O) groups excluding carboxylic acids is 1. The monoisotopic (exact) mass is 318 g/mol. The van der Waals surface area contributed by atoms with Crippen molar-refractivity contribution < 1.29 is 13.9 Å². The quantitative estimate of drug-likeness (QED) is 0.853. The van der Waals surface area contributed by atoms with E-state index in [1.165, 1.54) is 12.1 Å². The fraction of sp³-hybridized carbons (Fsp3) is 0.611. The maximum absolute atomic E-state index is 13.3. The van der Waals surface area contributed by atoms with Gasteiger partial charge in [0.15, 0.2) is 0 Å². The Hall–Kier alpha value is -1.46. The number of carbonyl (C=O) groups is 1. The van der Waals surface area contributed by atoms with E-state index in [0.29, 0.717) is 18.5 Å². The molecule has 3 saturated heterocycles. The third kappa shape index (κ3) is 3.00. The molecule has 0 saturated carbocycles. The summed E-state index contributed by atoms with van der Waals surface area (Å²) in [7, 11) is 0. The van der Waals surface area contributed by atoms with Crippen LogP contribution in [0.1, 0.15) is 18.4 Å². The summed E-state index contributed by atoms with van der Waals surface area (Å²) in [6, 6.07) is 7.14. The Balaban J connectivity index is 1.38. The van der Waals surface area contributed by atoms with E-state index in [9.17, 15) is 9.18 Å². The van der Waals surface area contributed by atoms with Gasteiger partial charge in [0.2, 0.25) is 5.91 Å². The van der Waals surface area contributed by atoms with Crippen LogP contribution in [-0.2, 0) is 16.1 Å². The molecule has 0 radical (unpaired) electrons. The van der Waals surface area contributed by atoms with E-state index in [-0.39, 0.29) is 17.6 Å². The van der Waals surface area contributed by atoms with Crippen molar-refractivity contribution in [2.75, 3.05) is 32.8 Å². The minimum absolute atomic E-state index is 0.131. The first-order chi connectivity index (χ1) is 11.2. The van der Waals surface area contributed by atoms with Crippen LogP contribution in [0.2, 0.25) is 0 Å². The molecular weight excluding hydrogens is 295 g/mol. The van der Waals surface area contributed by atoms with Gasteiger partial charge in [-0.25, -0.2) is 4.39 Å². The molecule has 0 unspecified atom stereocenters. The Bertz CT molecular complexity index is 588. The molecule has 3 aliphatic heterocycles. The number of fused-ring (bicyclic) bond motifs is 1. The average molecular weight is 318 g/mol. The Labute approximate surface area is 136 Å². The number of nitrogens with zero attached hydrogens (tertiary/aromatic N) is 2. The van der Waals surface area contributed by atoms with Crippen LogP contribution < -0.4 is 0 Å². The standard InChI is InChI=1S/C18H23FN2O2/c19-15-3-1-2-13(8-15)9-21-11-14-10-20(12-17(14)18(21)22)16-4-6-23-7-5-16/h1-3,8,14,16-17H,4-7,9-12H2/t14-,17-/m0/s1. The van der Waals surface area contributed by atoms with Crippen LogP contribution in [0.3, 0.4) is 0 Å². The molecule has 0 spiro atoms. The minimum atomic E-state index is -0.236. The number of hydrogen-bond donors (Lipinski definition) is 0. The van der Waals surface area contributed by atoms with Crippen LogP contribution in [0.25, 0.3) is 0 Å². The number of amides is 1. The lowest BCUT2D eigenvalue weighted by molar-refractivity contribution is -0.131. The zero-order valence-corrected chi connectivity index (χ0v) is 13.3. The van der Waals surface area contributed by atoms with Crippen molar-refractivity contribution in [2.45, 2.75) is 25.4 Å². The van der Waals surface area contributed by atoms with Crippen molar-refractivity contribution >= 4 is 5.91 Å². The van der Waals surface area contributed by atoms with Gasteiger partial charge in [-0.3, -0.25) is 9.69 Å². The predicted molar refractivity (Wildman–Crippen MR) is 84.2 cm³/mol. The average Bonchev–Trinajstić information content (AvgIpc) is 3.09. The summed E-state index contributed by atoms with van der Waals surface area (Å²) in [5.41, 5.74) is 0.875. The van der Waals surface area contributed by atoms with E-state index in [1.807, 2.05) is 11.0 Å². The summed E-state index contributed by atoms with van der Waals surface area (Å²) in [6.07, 6.45) is 2.17. The maximum Gasteiger partial charge on any atom is 0.227 e. The molecule has 0 aromatic heterocycles. The fourth-order valence-corrected chi connectivity index (χ4v) is 4.32. The molecule has 0 aliphatic carbocycles. The van der Waals surface area contributed by atoms with Gasteiger partial charge in [0, 0.05) is 51.4 Å². The van der Waals surface area contributed by atoms with Gasteiger partial charge in [0.05, 0.1) is 5.92 Å². The first-order valence-corrected chi connectivity index (χ1v) is 8.56. The molecule has 5 heteroatoms. The van der Waals surface area contributed by atoms with E-state index in [1.54, 1.807) is 6.07 Å². The molecule has 124 valence electrons. The summed E-state index contributed by atoms with van der Waals surface area (Å²) in [6.45, 7) is 4.92.